The summed E-state index contributed by atoms with van der Waals surface area (Å²) in [6, 6.07) is 0.339. The third-order valence-electron chi connectivity index (χ3n) is 1.95. The zero-order valence-corrected chi connectivity index (χ0v) is 9.86. The molecule has 0 aliphatic heterocycles. The van der Waals surface area contributed by atoms with Gasteiger partial charge >= 0.3 is 0 Å². The zero-order chi connectivity index (χ0) is 10.4. The highest BCUT2D eigenvalue weighted by molar-refractivity contribution is 7.09. The second-order valence-corrected chi connectivity index (χ2v) is 4.03. The monoisotopic (exact) mass is 214 g/mol. The van der Waals surface area contributed by atoms with Crippen LogP contribution >= 0.6 is 11.3 Å². The predicted molar refractivity (Wildman–Crippen MR) is 59.5 cm³/mol. The average Bonchev–Trinajstić information content (AvgIpc) is 2.63. The van der Waals surface area contributed by atoms with Gasteiger partial charge in [0.2, 0.25) is 0 Å². The minimum atomic E-state index is 0.339. The summed E-state index contributed by atoms with van der Waals surface area (Å²) < 4.78 is 5.30. The van der Waals surface area contributed by atoms with Gasteiger partial charge in [0.25, 0.3) is 0 Å². The highest BCUT2D eigenvalue weighted by atomic mass is 32.1. The largest absolute Gasteiger partial charge is 0.375 e. The Labute approximate surface area is 89.5 Å². The third-order valence-corrected chi connectivity index (χ3v) is 2.79. The number of aromatic nitrogens is 1. The lowest BCUT2D eigenvalue weighted by atomic mass is 10.2. The molecule has 1 rings (SSSR count). The molecule has 0 fully saturated rings. The molecule has 3 nitrogen and oxygen atoms in total. The van der Waals surface area contributed by atoms with Crippen molar-refractivity contribution in [3.8, 4) is 0 Å². The lowest BCUT2D eigenvalue weighted by Gasteiger charge is -2.08. The normalized spacial score (nSPS) is 13.1. The van der Waals surface area contributed by atoms with Crippen LogP contribution < -0.4 is 5.32 Å². The number of nitrogens with zero attached hydrogens (tertiary/aromatic N) is 1. The molecule has 1 aromatic heterocycles. The van der Waals surface area contributed by atoms with Gasteiger partial charge in [-0.25, -0.2) is 4.98 Å². The van der Waals surface area contributed by atoms with E-state index in [1.54, 1.807) is 11.3 Å². The molecule has 80 valence electrons. The third kappa shape index (κ3) is 3.36. The summed E-state index contributed by atoms with van der Waals surface area (Å²) in [6.07, 6.45) is 0. The Balaban J connectivity index is 2.49. The summed E-state index contributed by atoms with van der Waals surface area (Å²) in [5, 5.41) is 6.50. The van der Waals surface area contributed by atoms with Crippen molar-refractivity contribution in [2.45, 2.75) is 33.4 Å². The van der Waals surface area contributed by atoms with Crippen LogP contribution in [0.15, 0.2) is 5.38 Å². The molecule has 0 aliphatic carbocycles. The van der Waals surface area contributed by atoms with E-state index < -0.39 is 0 Å². The molecular formula is C10H18N2OS. The topological polar surface area (TPSA) is 34.1 Å². The van der Waals surface area contributed by atoms with Crippen LogP contribution in [-0.4, -0.2) is 18.1 Å². The highest BCUT2D eigenvalue weighted by Gasteiger charge is 2.08. The Bertz CT molecular complexity index is 262. The zero-order valence-electron chi connectivity index (χ0n) is 9.04. The van der Waals surface area contributed by atoms with Crippen molar-refractivity contribution in [2.75, 3.05) is 13.2 Å². The van der Waals surface area contributed by atoms with Gasteiger partial charge in [0.15, 0.2) is 0 Å². The van der Waals surface area contributed by atoms with E-state index in [1.165, 1.54) is 0 Å². The molecule has 1 atom stereocenters. The van der Waals surface area contributed by atoms with Gasteiger partial charge < -0.3 is 10.1 Å². The average molecular weight is 214 g/mol. The van der Waals surface area contributed by atoms with Crippen molar-refractivity contribution in [1.29, 1.82) is 0 Å². The molecule has 0 saturated carbocycles. The van der Waals surface area contributed by atoms with Gasteiger partial charge in [-0.15, -0.1) is 11.3 Å². The van der Waals surface area contributed by atoms with Crippen molar-refractivity contribution in [2.24, 2.45) is 0 Å². The first-order valence-electron chi connectivity index (χ1n) is 5.03. The minimum absolute atomic E-state index is 0.339. The van der Waals surface area contributed by atoms with Crippen LogP contribution in [0.4, 0.5) is 0 Å². The molecule has 0 radical (unpaired) electrons. The second-order valence-electron chi connectivity index (χ2n) is 3.08. The smallest absolute Gasteiger partial charge is 0.119 e. The van der Waals surface area contributed by atoms with Crippen molar-refractivity contribution in [3.63, 3.8) is 0 Å². The Hall–Kier alpha value is -0.450. The van der Waals surface area contributed by atoms with Gasteiger partial charge in [0.05, 0.1) is 12.3 Å². The summed E-state index contributed by atoms with van der Waals surface area (Å²) in [5.41, 5.74) is 1.12. The first-order valence-corrected chi connectivity index (χ1v) is 5.91. The van der Waals surface area contributed by atoms with E-state index in [9.17, 15) is 0 Å². The van der Waals surface area contributed by atoms with Crippen LogP contribution in [0.25, 0.3) is 0 Å². The van der Waals surface area contributed by atoms with Crippen LogP contribution in [-0.2, 0) is 11.3 Å². The SMILES string of the molecule is CCNC(C)c1csc(COCC)n1. The van der Waals surface area contributed by atoms with E-state index in [2.05, 4.69) is 29.5 Å². The van der Waals surface area contributed by atoms with E-state index >= 15 is 0 Å². The first kappa shape index (κ1) is 11.6. The molecule has 0 spiro atoms. The maximum Gasteiger partial charge on any atom is 0.119 e. The fraction of sp³-hybridized carbons (Fsp3) is 0.700. The molecule has 1 aromatic rings. The number of thiazole rings is 1. The summed E-state index contributed by atoms with van der Waals surface area (Å²) in [7, 11) is 0. The van der Waals surface area contributed by atoms with Crippen LogP contribution in [0.2, 0.25) is 0 Å². The van der Waals surface area contributed by atoms with E-state index in [1.807, 2.05) is 6.92 Å². The van der Waals surface area contributed by atoms with Crippen molar-refractivity contribution >= 4 is 11.3 Å². The number of hydrogen-bond donors (Lipinski definition) is 1. The van der Waals surface area contributed by atoms with E-state index in [-0.39, 0.29) is 0 Å². The van der Waals surface area contributed by atoms with Crippen LogP contribution in [0.3, 0.4) is 0 Å². The molecule has 0 aliphatic rings. The lowest BCUT2D eigenvalue weighted by Crippen LogP contribution is -2.17. The fourth-order valence-electron chi connectivity index (χ4n) is 1.19. The quantitative estimate of drug-likeness (QED) is 0.789. The molecule has 0 amide bonds. The van der Waals surface area contributed by atoms with Crippen molar-refractivity contribution in [1.82, 2.24) is 10.3 Å². The van der Waals surface area contributed by atoms with Crippen LogP contribution in [0.5, 0.6) is 0 Å². The molecular weight excluding hydrogens is 196 g/mol. The Morgan fingerprint density at radius 3 is 3.00 bits per heavy atom. The lowest BCUT2D eigenvalue weighted by molar-refractivity contribution is 0.133. The Kier molecular flexibility index (Phi) is 5.07. The molecule has 1 heterocycles. The summed E-state index contributed by atoms with van der Waals surface area (Å²) in [4.78, 5) is 4.50. The predicted octanol–water partition coefficient (Wildman–Crippen LogP) is 2.35. The summed E-state index contributed by atoms with van der Waals surface area (Å²) in [5.74, 6) is 0. The van der Waals surface area contributed by atoms with Gasteiger partial charge in [-0.2, -0.15) is 0 Å². The molecule has 1 N–H and O–H groups in total. The van der Waals surface area contributed by atoms with Gasteiger partial charge in [-0.3, -0.25) is 0 Å². The summed E-state index contributed by atoms with van der Waals surface area (Å²) >= 11 is 1.67. The molecule has 1 unspecified atom stereocenters. The highest BCUT2D eigenvalue weighted by Crippen LogP contribution is 2.16. The maximum atomic E-state index is 5.30. The van der Waals surface area contributed by atoms with Crippen LogP contribution in [0, 0.1) is 0 Å². The second kappa shape index (κ2) is 6.11. The Morgan fingerprint density at radius 2 is 2.36 bits per heavy atom. The standard InChI is InChI=1S/C10H18N2OS/c1-4-11-8(3)9-7-14-10(12-9)6-13-5-2/h7-8,11H,4-6H2,1-3H3. The minimum Gasteiger partial charge on any atom is -0.375 e. The van der Waals surface area contributed by atoms with Crippen LogP contribution in [0.1, 0.15) is 37.5 Å². The molecule has 4 heteroatoms. The van der Waals surface area contributed by atoms with Gasteiger partial charge in [0.1, 0.15) is 5.01 Å². The molecule has 0 saturated heterocycles. The van der Waals surface area contributed by atoms with Gasteiger partial charge in [0, 0.05) is 18.0 Å². The molecule has 0 aromatic carbocycles. The number of hydrogen-bond acceptors (Lipinski definition) is 4. The van der Waals surface area contributed by atoms with Crippen molar-refractivity contribution in [3.05, 3.63) is 16.1 Å². The number of ether oxygens (including phenoxy) is 1. The van der Waals surface area contributed by atoms with Gasteiger partial charge in [-0.1, -0.05) is 6.92 Å². The van der Waals surface area contributed by atoms with Gasteiger partial charge in [-0.05, 0) is 20.4 Å². The van der Waals surface area contributed by atoms with E-state index in [0.717, 1.165) is 23.9 Å². The van der Waals surface area contributed by atoms with E-state index in [4.69, 9.17) is 4.74 Å². The molecule has 0 bridgehead atoms. The molecule has 14 heavy (non-hydrogen) atoms. The van der Waals surface area contributed by atoms with Crippen molar-refractivity contribution < 1.29 is 4.74 Å². The first-order chi connectivity index (χ1) is 6.77. The summed E-state index contributed by atoms with van der Waals surface area (Å²) in [6.45, 7) is 8.58. The maximum absolute atomic E-state index is 5.30. The van der Waals surface area contributed by atoms with E-state index in [0.29, 0.717) is 12.6 Å². The number of nitrogens with one attached hydrogen (secondary N) is 1. The Morgan fingerprint density at radius 1 is 1.57 bits per heavy atom. The fourth-order valence-corrected chi connectivity index (χ4v) is 2.01. The number of rotatable bonds is 6.